The Morgan fingerprint density at radius 3 is 2.34 bits per heavy atom. The van der Waals surface area contributed by atoms with E-state index in [1.54, 1.807) is 6.20 Å². The average molecular weight is 412 g/mol. The number of para-hydroxylation sites is 1. The van der Waals surface area contributed by atoms with Gasteiger partial charge >= 0.3 is 0 Å². The summed E-state index contributed by atoms with van der Waals surface area (Å²) in [5, 5.41) is 11.9. The molecule has 1 fully saturated rings. The second-order valence-corrected chi connectivity index (χ2v) is 8.86. The Morgan fingerprint density at radius 2 is 1.66 bits per heavy atom. The zero-order valence-electron chi connectivity index (χ0n) is 15.6. The SMILES string of the molecule is O=[N+]([O-])c1ccc(S(=O)(=O)N2CCN(Cc3cccc4cccnc34)CC2)cc1. The third-order valence-electron chi connectivity index (χ3n) is 5.13. The number of hydrogen-bond donors (Lipinski definition) is 0. The van der Waals surface area contributed by atoms with Crippen LogP contribution < -0.4 is 0 Å². The molecular formula is C20H20N4O4S. The van der Waals surface area contributed by atoms with Gasteiger partial charge in [-0.25, -0.2) is 8.42 Å². The van der Waals surface area contributed by atoms with Crippen molar-refractivity contribution in [3.8, 4) is 0 Å². The van der Waals surface area contributed by atoms with E-state index < -0.39 is 14.9 Å². The van der Waals surface area contributed by atoms with E-state index in [2.05, 4.69) is 16.0 Å². The van der Waals surface area contributed by atoms with Crippen LogP contribution in [-0.4, -0.2) is 53.7 Å². The predicted molar refractivity (Wildman–Crippen MR) is 109 cm³/mol. The number of fused-ring (bicyclic) bond motifs is 1. The molecule has 0 aliphatic carbocycles. The first-order valence-electron chi connectivity index (χ1n) is 9.25. The number of non-ortho nitro benzene ring substituents is 1. The molecule has 150 valence electrons. The van der Waals surface area contributed by atoms with Crippen molar-refractivity contribution in [2.45, 2.75) is 11.4 Å². The maximum Gasteiger partial charge on any atom is 0.269 e. The molecule has 2 heterocycles. The van der Waals surface area contributed by atoms with E-state index in [-0.39, 0.29) is 10.6 Å². The second kappa shape index (κ2) is 7.86. The molecule has 0 bridgehead atoms. The lowest BCUT2D eigenvalue weighted by Crippen LogP contribution is -2.48. The largest absolute Gasteiger partial charge is 0.296 e. The van der Waals surface area contributed by atoms with Crippen LogP contribution in [0.5, 0.6) is 0 Å². The molecule has 8 nitrogen and oxygen atoms in total. The molecule has 4 rings (SSSR count). The summed E-state index contributed by atoms with van der Waals surface area (Å²) >= 11 is 0. The van der Waals surface area contributed by atoms with Gasteiger partial charge in [-0.1, -0.05) is 24.3 Å². The maximum atomic E-state index is 12.8. The van der Waals surface area contributed by atoms with E-state index in [9.17, 15) is 18.5 Å². The normalized spacial score (nSPS) is 16.1. The lowest BCUT2D eigenvalue weighted by Gasteiger charge is -2.34. The summed E-state index contributed by atoms with van der Waals surface area (Å²) in [5.74, 6) is 0. The number of nitro benzene ring substituents is 1. The Hall–Kier alpha value is -2.88. The van der Waals surface area contributed by atoms with Crippen molar-refractivity contribution in [1.29, 1.82) is 0 Å². The summed E-state index contributed by atoms with van der Waals surface area (Å²) in [6.07, 6.45) is 1.78. The summed E-state index contributed by atoms with van der Waals surface area (Å²) in [7, 11) is -3.66. The fraction of sp³-hybridized carbons (Fsp3) is 0.250. The van der Waals surface area contributed by atoms with E-state index in [4.69, 9.17) is 0 Å². The zero-order chi connectivity index (χ0) is 20.4. The van der Waals surface area contributed by atoms with Gasteiger partial charge < -0.3 is 0 Å². The van der Waals surface area contributed by atoms with Crippen molar-refractivity contribution in [1.82, 2.24) is 14.2 Å². The number of nitro groups is 1. The third-order valence-corrected chi connectivity index (χ3v) is 7.04. The molecule has 0 amide bonds. The lowest BCUT2D eigenvalue weighted by molar-refractivity contribution is -0.384. The average Bonchev–Trinajstić information content (AvgIpc) is 2.74. The summed E-state index contributed by atoms with van der Waals surface area (Å²) in [6, 6.07) is 15.1. The standard InChI is InChI=1S/C20H20N4O4S/c25-24(26)18-6-8-19(9-7-18)29(27,28)23-13-11-22(12-14-23)15-17-4-1-3-16-5-2-10-21-20(16)17/h1-10H,11-15H2. The van der Waals surface area contributed by atoms with Crippen molar-refractivity contribution in [3.63, 3.8) is 0 Å². The van der Waals surface area contributed by atoms with Crippen LogP contribution in [-0.2, 0) is 16.6 Å². The molecule has 29 heavy (non-hydrogen) atoms. The highest BCUT2D eigenvalue weighted by Gasteiger charge is 2.29. The van der Waals surface area contributed by atoms with Crippen LogP contribution in [0, 0.1) is 10.1 Å². The Labute approximate surface area is 168 Å². The van der Waals surface area contributed by atoms with Gasteiger partial charge in [-0.2, -0.15) is 4.31 Å². The number of nitrogens with zero attached hydrogens (tertiary/aromatic N) is 4. The molecule has 9 heteroatoms. The Balaban J connectivity index is 1.44. The van der Waals surface area contributed by atoms with Crippen LogP contribution in [0.15, 0.2) is 65.7 Å². The van der Waals surface area contributed by atoms with Crippen LogP contribution in [0.3, 0.4) is 0 Å². The quantitative estimate of drug-likeness (QED) is 0.472. The monoisotopic (exact) mass is 412 g/mol. The van der Waals surface area contributed by atoms with Gasteiger partial charge in [-0.15, -0.1) is 0 Å². The topological polar surface area (TPSA) is 96.6 Å². The van der Waals surface area contributed by atoms with Crippen molar-refractivity contribution in [2.75, 3.05) is 26.2 Å². The van der Waals surface area contributed by atoms with Gasteiger partial charge in [0.15, 0.2) is 0 Å². The summed E-state index contributed by atoms with van der Waals surface area (Å²) < 4.78 is 27.1. The smallest absolute Gasteiger partial charge is 0.269 e. The van der Waals surface area contributed by atoms with Crippen molar-refractivity contribution in [3.05, 3.63) is 76.5 Å². The summed E-state index contributed by atoms with van der Waals surface area (Å²) in [6.45, 7) is 2.67. The third kappa shape index (κ3) is 3.98. The highest BCUT2D eigenvalue weighted by molar-refractivity contribution is 7.89. The predicted octanol–water partition coefficient (Wildman–Crippen LogP) is 2.65. The number of hydrogen-bond acceptors (Lipinski definition) is 6. The minimum atomic E-state index is -3.66. The van der Waals surface area contributed by atoms with Crippen LogP contribution in [0.4, 0.5) is 5.69 Å². The van der Waals surface area contributed by atoms with Crippen molar-refractivity contribution in [2.24, 2.45) is 0 Å². The molecule has 0 atom stereocenters. The number of pyridine rings is 1. The number of benzene rings is 2. The zero-order valence-corrected chi connectivity index (χ0v) is 16.5. The number of sulfonamides is 1. The van der Waals surface area contributed by atoms with Crippen molar-refractivity contribution < 1.29 is 13.3 Å². The first-order chi connectivity index (χ1) is 13.9. The van der Waals surface area contributed by atoms with Gasteiger partial charge in [0.2, 0.25) is 10.0 Å². The molecule has 0 N–H and O–H groups in total. The Morgan fingerprint density at radius 1 is 0.966 bits per heavy atom. The molecule has 1 aliphatic rings. The minimum Gasteiger partial charge on any atom is -0.296 e. The molecule has 3 aromatic rings. The van der Waals surface area contributed by atoms with Gasteiger partial charge in [0.25, 0.3) is 5.69 Å². The summed E-state index contributed by atoms with van der Waals surface area (Å²) in [5.41, 5.74) is 1.96. The maximum absolute atomic E-state index is 12.8. The second-order valence-electron chi connectivity index (χ2n) is 6.92. The molecule has 0 spiro atoms. The molecule has 2 aromatic carbocycles. The Kier molecular flexibility index (Phi) is 5.27. The van der Waals surface area contributed by atoms with Gasteiger partial charge in [-0.05, 0) is 23.8 Å². The van der Waals surface area contributed by atoms with E-state index >= 15 is 0 Å². The molecule has 0 radical (unpaired) electrons. The van der Waals surface area contributed by atoms with E-state index in [0.717, 1.165) is 16.5 Å². The minimum absolute atomic E-state index is 0.0785. The Bertz CT molecular complexity index is 1140. The molecule has 1 aliphatic heterocycles. The molecular weight excluding hydrogens is 392 g/mol. The number of aromatic nitrogens is 1. The van der Waals surface area contributed by atoms with Gasteiger partial charge in [0.1, 0.15) is 0 Å². The highest BCUT2D eigenvalue weighted by Crippen LogP contribution is 2.22. The van der Waals surface area contributed by atoms with Crippen LogP contribution >= 0.6 is 0 Å². The van der Waals surface area contributed by atoms with E-state index in [0.29, 0.717) is 32.7 Å². The van der Waals surface area contributed by atoms with Crippen LogP contribution in [0.25, 0.3) is 10.9 Å². The molecule has 1 aromatic heterocycles. The fourth-order valence-corrected chi connectivity index (χ4v) is 4.97. The summed E-state index contributed by atoms with van der Waals surface area (Å²) in [4.78, 5) is 17.0. The van der Waals surface area contributed by atoms with E-state index in [1.165, 1.54) is 28.6 Å². The first-order valence-corrected chi connectivity index (χ1v) is 10.7. The fourth-order valence-electron chi connectivity index (χ4n) is 3.55. The van der Waals surface area contributed by atoms with E-state index in [1.807, 2.05) is 24.3 Å². The first kappa shape index (κ1) is 19.4. The number of rotatable bonds is 5. The van der Waals surface area contributed by atoms with Gasteiger partial charge in [-0.3, -0.25) is 20.0 Å². The van der Waals surface area contributed by atoms with Gasteiger partial charge in [0, 0.05) is 56.4 Å². The highest BCUT2D eigenvalue weighted by atomic mass is 32.2. The van der Waals surface area contributed by atoms with Gasteiger partial charge in [0.05, 0.1) is 15.3 Å². The van der Waals surface area contributed by atoms with Crippen LogP contribution in [0.1, 0.15) is 5.56 Å². The molecule has 1 saturated heterocycles. The van der Waals surface area contributed by atoms with Crippen LogP contribution in [0.2, 0.25) is 0 Å². The number of piperazine rings is 1. The lowest BCUT2D eigenvalue weighted by atomic mass is 10.1. The molecule has 0 unspecified atom stereocenters. The van der Waals surface area contributed by atoms with Crippen molar-refractivity contribution >= 4 is 26.6 Å². The molecule has 0 saturated carbocycles.